The van der Waals surface area contributed by atoms with Crippen molar-refractivity contribution in [2.24, 2.45) is 0 Å². The Balaban J connectivity index is 1.94. The van der Waals surface area contributed by atoms with Crippen LogP contribution < -0.4 is 0 Å². The zero-order valence-corrected chi connectivity index (χ0v) is 14.3. The number of aryl methyl sites for hydroxylation is 1. The smallest absolute Gasteiger partial charge is 0.219 e. The van der Waals surface area contributed by atoms with Gasteiger partial charge in [0.25, 0.3) is 0 Å². The van der Waals surface area contributed by atoms with Gasteiger partial charge in [-0.05, 0) is 38.3 Å². The normalized spacial score (nSPS) is 22.3. The van der Waals surface area contributed by atoms with Gasteiger partial charge in [-0.1, -0.05) is 30.3 Å². The summed E-state index contributed by atoms with van der Waals surface area (Å²) in [4.78, 5) is 8.83. The van der Waals surface area contributed by atoms with Gasteiger partial charge in [0, 0.05) is 18.4 Å². The molecular weight excluding hydrogens is 310 g/mol. The molecule has 0 unspecified atom stereocenters. The highest BCUT2D eigenvalue weighted by Gasteiger charge is 2.46. The van der Waals surface area contributed by atoms with E-state index in [0.717, 1.165) is 24.1 Å². The minimum atomic E-state index is -3.43. The van der Waals surface area contributed by atoms with Crippen LogP contribution in [0.3, 0.4) is 0 Å². The van der Waals surface area contributed by atoms with Crippen LogP contribution in [0.4, 0.5) is 0 Å². The molecule has 1 atom stereocenters. The second kappa shape index (κ2) is 6.02. The highest BCUT2D eigenvalue weighted by molar-refractivity contribution is 7.88. The van der Waals surface area contributed by atoms with E-state index in [1.54, 1.807) is 10.5 Å². The molecule has 5 nitrogen and oxygen atoms in total. The molecule has 6 heteroatoms. The number of sulfonamides is 1. The van der Waals surface area contributed by atoms with Crippen LogP contribution in [0.1, 0.15) is 36.8 Å². The first-order valence-corrected chi connectivity index (χ1v) is 9.37. The quantitative estimate of drug-likeness (QED) is 0.864. The summed E-state index contributed by atoms with van der Waals surface area (Å²) in [5, 5.41) is 0. The van der Waals surface area contributed by atoms with E-state index in [-0.39, 0.29) is 5.75 Å². The summed E-state index contributed by atoms with van der Waals surface area (Å²) in [6.45, 7) is 4.34. The van der Waals surface area contributed by atoms with Gasteiger partial charge in [0.05, 0.1) is 11.3 Å². The molecule has 0 aliphatic carbocycles. The van der Waals surface area contributed by atoms with Crippen LogP contribution in [0.5, 0.6) is 0 Å². The minimum absolute atomic E-state index is 0.00917. The zero-order valence-electron chi connectivity index (χ0n) is 13.4. The molecule has 0 saturated carbocycles. The van der Waals surface area contributed by atoms with Crippen molar-refractivity contribution in [1.29, 1.82) is 0 Å². The molecule has 1 aromatic heterocycles. The fourth-order valence-electron chi connectivity index (χ4n) is 3.18. The molecule has 3 rings (SSSR count). The van der Waals surface area contributed by atoms with Gasteiger partial charge in [0.2, 0.25) is 10.0 Å². The Morgan fingerprint density at radius 3 is 2.65 bits per heavy atom. The van der Waals surface area contributed by atoms with E-state index in [9.17, 15) is 8.42 Å². The lowest BCUT2D eigenvalue weighted by Gasteiger charge is -2.33. The Labute approximate surface area is 137 Å². The standard InChI is InChI=1S/C17H21N3O2S/c1-14-9-11-18-16(19-14)17(2)10-6-12-20(17)23(21,22)13-15-7-4-3-5-8-15/h3-5,7-9,11H,6,10,12-13H2,1-2H3/t17-/m0/s1. The molecule has 1 aliphatic rings. The Bertz CT molecular complexity index is 792. The second-order valence-electron chi connectivity index (χ2n) is 6.21. The first-order chi connectivity index (χ1) is 10.9. The lowest BCUT2D eigenvalue weighted by atomic mass is 9.99. The Morgan fingerprint density at radius 1 is 1.22 bits per heavy atom. The lowest BCUT2D eigenvalue weighted by Crippen LogP contribution is -2.44. The number of rotatable bonds is 4. The molecule has 1 aliphatic heterocycles. The summed E-state index contributed by atoms with van der Waals surface area (Å²) in [6.07, 6.45) is 3.26. The number of hydrogen-bond acceptors (Lipinski definition) is 4. The Morgan fingerprint density at radius 2 is 1.96 bits per heavy atom. The van der Waals surface area contributed by atoms with Crippen LogP contribution >= 0.6 is 0 Å². The van der Waals surface area contributed by atoms with Crippen molar-refractivity contribution < 1.29 is 8.42 Å². The molecular formula is C17H21N3O2S. The molecule has 0 spiro atoms. The van der Waals surface area contributed by atoms with Gasteiger partial charge < -0.3 is 0 Å². The lowest BCUT2D eigenvalue weighted by molar-refractivity contribution is 0.254. The monoisotopic (exact) mass is 331 g/mol. The van der Waals surface area contributed by atoms with Crippen LogP contribution in [0, 0.1) is 6.92 Å². The van der Waals surface area contributed by atoms with Crippen molar-refractivity contribution in [3.8, 4) is 0 Å². The summed E-state index contributed by atoms with van der Waals surface area (Å²) < 4.78 is 27.5. The van der Waals surface area contributed by atoms with E-state index in [1.807, 2.05) is 50.2 Å². The number of nitrogens with zero attached hydrogens (tertiary/aromatic N) is 3. The molecule has 2 heterocycles. The third-order valence-electron chi connectivity index (χ3n) is 4.38. The summed E-state index contributed by atoms with van der Waals surface area (Å²) >= 11 is 0. The van der Waals surface area contributed by atoms with Crippen molar-refractivity contribution in [1.82, 2.24) is 14.3 Å². The molecule has 122 valence electrons. The first kappa shape index (κ1) is 16.1. The summed E-state index contributed by atoms with van der Waals surface area (Å²) in [5.41, 5.74) is 0.982. The van der Waals surface area contributed by atoms with E-state index in [0.29, 0.717) is 12.4 Å². The predicted molar refractivity (Wildman–Crippen MR) is 89.1 cm³/mol. The van der Waals surface area contributed by atoms with Crippen LogP contribution in [0.25, 0.3) is 0 Å². The molecule has 0 amide bonds. The summed E-state index contributed by atoms with van der Waals surface area (Å²) in [7, 11) is -3.43. The van der Waals surface area contributed by atoms with E-state index in [1.165, 1.54) is 0 Å². The van der Waals surface area contributed by atoms with E-state index in [2.05, 4.69) is 9.97 Å². The maximum atomic E-state index is 12.9. The van der Waals surface area contributed by atoms with Crippen molar-refractivity contribution in [3.05, 3.63) is 59.7 Å². The fourth-order valence-corrected chi connectivity index (χ4v) is 5.14. The molecule has 1 saturated heterocycles. The van der Waals surface area contributed by atoms with Gasteiger partial charge in [0.1, 0.15) is 5.82 Å². The van der Waals surface area contributed by atoms with E-state index >= 15 is 0 Å². The van der Waals surface area contributed by atoms with Gasteiger partial charge in [-0.15, -0.1) is 0 Å². The van der Waals surface area contributed by atoms with E-state index < -0.39 is 15.6 Å². The topological polar surface area (TPSA) is 63.2 Å². The number of aromatic nitrogens is 2. The minimum Gasteiger partial charge on any atom is -0.239 e. The van der Waals surface area contributed by atoms with Gasteiger partial charge in [-0.2, -0.15) is 4.31 Å². The highest BCUT2D eigenvalue weighted by atomic mass is 32.2. The average Bonchev–Trinajstić information content (AvgIpc) is 2.92. The zero-order chi connectivity index (χ0) is 16.5. The molecule has 1 aromatic carbocycles. The first-order valence-electron chi connectivity index (χ1n) is 7.76. The summed E-state index contributed by atoms with van der Waals surface area (Å²) in [5.74, 6) is 0.599. The average molecular weight is 331 g/mol. The van der Waals surface area contributed by atoms with Gasteiger partial charge in [-0.25, -0.2) is 18.4 Å². The SMILES string of the molecule is Cc1ccnc([C@]2(C)CCCN2S(=O)(=O)Cc2ccccc2)n1. The molecule has 0 N–H and O–H groups in total. The molecule has 0 bridgehead atoms. The fraction of sp³-hybridized carbons (Fsp3) is 0.412. The molecule has 2 aromatic rings. The van der Waals surface area contributed by atoms with Crippen LogP contribution in [-0.2, 0) is 21.3 Å². The summed E-state index contributed by atoms with van der Waals surface area (Å²) in [6, 6.07) is 11.1. The predicted octanol–water partition coefficient (Wildman–Crippen LogP) is 2.63. The van der Waals surface area contributed by atoms with Crippen molar-refractivity contribution >= 4 is 10.0 Å². The largest absolute Gasteiger partial charge is 0.239 e. The second-order valence-corrected chi connectivity index (χ2v) is 8.11. The third kappa shape index (κ3) is 3.14. The van der Waals surface area contributed by atoms with Crippen LogP contribution in [0.2, 0.25) is 0 Å². The van der Waals surface area contributed by atoms with Gasteiger partial charge >= 0.3 is 0 Å². The Hall–Kier alpha value is -1.79. The third-order valence-corrected chi connectivity index (χ3v) is 6.33. The number of hydrogen-bond donors (Lipinski definition) is 0. The van der Waals surface area contributed by atoms with Crippen molar-refractivity contribution in [2.75, 3.05) is 6.54 Å². The van der Waals surface area contributed by atoms with Gasteiger partial charge in [-0.3, -0.25) is 0 Å². The molecule has 23 heavy (non-hydrogen) atoms. The van der Waals surface area contributed by atoms with Crippen LogP contribution in [-0.4, -0.2) is 29.2 Å². The van der Waals surface area contributed by atoms with Gasteiger partial charge in [0.15, 0.2) is 0 Å². The maximum absolute atomic E-state index is 12.9. The van der Waals surface area contributed by atoms with Crippen molar-refractivity contribution in [2.45, 2.75) is 38.0 Å². The maximum Gasteiger partial charge on any atom is 0.219 e. The Kier molecular flexibility index (Phi) is 4.21. The van der Waals surface area contributed by atoms with E-state index in [4.69, 9.17) is 0 Å². The molecule has 0 radical (unpaired) electrons. The number of benzene rings is 1. The highest BCUT2D eigenvalue weighted by Crippen LogP contribution is 2.39. The van der Waals surface area contributed by atoms with Crippen molar-refractivity contribution in [3.63, 3.8) is 0 Å². The molecule has 1 fully saturated rings. The van der Waals surface area contributed by atoms with Crippen LogP contribution in [0.15, 0.2) is 42.6 Å².